The fraction of sp³-hybridized carbons (Fsp3) is 0.200. The smallest absolute Gasteiger partial charge is 0.325 e. The van der Waals surface area contributed by atoms with E-state index in [9.17, 15) is 4.79 Å². The number of fused-ring (bicyclic) bond motifs is 1. The minimum Gasteiger partial charge on any atom is -0.334 e. The number of amides is 2. The van der Waals surface area contributed by atoms with Crippen LogP contribution in [-0.2, 0) is 13.0 Å². The zero-order chi connectivity index (χ0) is 24.9. The van der Waals surface area contributed by atoms with Gasteiger partial charge < -0.3 is 5.32 Å². The van der Waals surface area contributed by atoms with Crippen LogP contribution in [0.15, 0.2) is 65.3 Å². The number of aryl methyl sites for hydroxylation is 1. The molecule has 0 unspecified atom stereocenters. The number of halogens is 2. The van der Waals surface area contributed by atoms with Gasteiger partial charge in [-0.2, -0.15) is 5.10 Å². The predicted molar refractivity (Wildman–Crippen MR) is 146 cm³/mol. The number of rotatable bonds is 7. The SMILES string of the molecule is O=C(NC/C=C1\CCCc2cnn(Cc3ncc(-c4ccccc4)cn3)c21)NSc1cc(Cl)c(Cl)s1. The lowest BCUT2D eigenvalue weighted by Gasteiger charge is -2.18. The van der Waals surface area contributed by atoms with Gasteiger partial charge in [0.25, 0.3) is 0 Å². The molecule has 5 rings (SSSR count). The molecule has 7 nitrogen and oxygen atoms in total. The number of aromatic nitrogens is 4. The molecule has 0 fully saturated rings. The minimum atomic E-state index is -0.283. The van der Waals surface area contributed by atoms with Gasteiger partial charge >= 0.3 is 6.03 Å². The molecule has 1 aliphatic carbocycles. The van der Waals surface area contributed by atoms with Crippen molar-refractivity contribution in [2.45, 2.75) is 30.0 Å². The van der Waals surface area contributed by atoms with Crippen molar-refractivity contribution in [1.82, 2.24) is 29.8 Å². The van der Waals surface area contributed by atoms with E-state index in [1.807, 2.05) is 53.6 Å². The Morgan fingerprint density at radius 3 is 2.67 bits per heavy atom. The largest absolute Gasteiger partial charge is 0.334 e. The number of carbonyl (C=O) groups excluding carboxylic acids is 1. The van der Waals surface area contributed by atoms with Crippen LogP contribution in [0.25, 0.3) is 16.7 Å². The summed E-state index contributed by atoms with van der Waals surface area (Å²) >= 11 is 14.4. The molecule has 0 aliphatic heterocycles. The third kappa shape index (κ3) is 5.92. The number of nitrogens with zero attached hydrogens (tertiary/aromatic N) is 4. The van der Waals surface area contributed by atoms with E-state index in [1.54, 1.807) is 6.07 Å². The molecular weight excluding hydrogens is 535 g/mol. The Kier molecular flexibility index (Phi) is 7.91. The number of carbonyl (C=O) groups is 1. The Bertz CT molecular complexity index is 1370. The number of allylic oxidation sites excluding steroid dienone is 1. The normalized spacial score (nSPS) is 14.0. The van der Waals surface area contributed by atoms with E-state index in [-0.39, 0.29) is 6.03 Å². The summed E-state index contributed by atoms with van der Waals surface area (Å²) in [5, 5.41) is 7.97. The van der Waals surface area contributed by atoms with Crippen LogP contribution < -0.4 is 10.0 Å². The second kappa shape index (κ2) is 11.5. The molecule has 0 saturated carbocycles. The van der Waals surface area contributed by atoms with E-state index < -0.39 is 0 Å². The molecular formula is C25H22Cl2N6OS2. The maximum atomic E-state index is 12.2. The number of hydrogen-bond acceptors (Lipinski definition) is 6. The first-order chi connectivity index (χ1) is 17.6. The summed E-state index contributed by atoms with van der Waals surface area (Å²) in [6.07, 6.45) is 10.6. The van der Waals surface area contributed by atoms with E-state index >= 15 is 0 Å². The predicted octanol–water partition coefficient (Wildman–Crippen LogP) is 6.48. The Morgan fingerprint density at radius 1 is 1.11 bits per heavy atom. The summed E-state index contributed by atoms with van der Waals surface area (Å²) < 4.78 is 6.03. The second-order valence-electron chi connectivity index (χ2n) is 8.11. The molecule has 0 spiro atoms. The maximum Gasteiger partial charge on any atom is 0.325 e. The highest BCUT2D eigenvalue weighted by molar-refractivity contribution is 7.99. The molecule has 0 saturated heterocycles. The number of thiophene rings is 1. The molecule has 0 atom stereocenters. The van der Waals surface area contributed by atoms with Gasteiger partial charge in [-0.25, -0.2) is 14.8 Å². The molecule has 1 aromatic carbocycles. The van der Waals surface area contributed by atoms with Gasteiger partial charge in [0.2, 0.25) is 0 Å². The zero-order valence-corrected chi connectivity index (χ0v) is 22.2. The van der Waals surface area contributed by atoms with E-state index in [4.69, 9.17) is 23.2 Å². The van der Waals surface area contributed by atoms with E-state index in [2.05, 4.69) is 31.2 Å². The van der Waals surface area contributed by atoms with Gasteiger partial charge in [0.15, 0.2) is 0 Å². The van der Waals surface area contributed by atoms with Gasteiger partial charge in [-0.3, -0.25) is 9.40 Å². The van der Waals surface area contributed by atoms with Crippen molar-refractivity contribution >= 4 is 58.1 Å². The van der Waals surface area contributed by atoms with E-state index in [0.717, 1.165) is 40.3 Å². The van der Waals surface area contributed by atoms with Crippen LogP contribution in [0.2, 0.25) is 9.36 Å². The van der Waals surface area contributed by atoms with Crippen molar-refractivity contribution in [3.8, 4) is 11.1 Å². The van der Waals surface area contributed by atoms with Crippen LogP contribution in [-0.4, -0.2) is 32.3 Å². The zero-order valence-electron chi connectivity index (χ0n) is 19.1. The van der Waals surface area contributed by atoms with Crippen molar-refractivity contribution < 1.29 is 4.79 Å². The van der Waals surface area contributed by atoms with Crippen LogP contribution in [0.1, 0.15) is 29.9 Å². The molecule has 1 aliphatic rings. The highest BCUT2D eigenvalue weighted by atomic mass is 35.5. The maximum absolute atomic E-state index is 12.2. The van der Waals surface area contributed by atoms with Crippen molar-refractivity contribution in [3.63, 3.8) is 0 Å². The summed E-state index contributed by atoms with van der Waals surface area (Å²) in [5.41, 5.74) is 5.54. The van der Waals surface area contributed by atoms with Crippen LogP contribution >= 0.6 is 46.5 Å². The second-order valence-corrected chi connectivity index (χ2v) is 11.3. The van der Waals surface area contributed by atoms with Crippen molar-refractivity contribution in [3.05, 3.63) is 87.5 Å². The van der Waals surface area contributed by atoms with Gasteiger partial charge in [-0.1, -0.05) is 59.6 Å². The Balaban J connectivity index is 1.22. The summed E-state index contributed by atoms with van der Waals surface area (Å²) in [6, 6.07) is 11.5. The molecule has 2 amide bonds. The van der Waals surface area contributed by atoms with Gasteiger partial charge in [-0.05, 0) is 54.0 Å². The molecule has 0 radical (unpaired) electrons. The summed E-state index contributed by atoms with van der Waals surface area (Å²) in [7, 11) is 0. The summed E-state index contributed by atoms with van der Waals surface area (Å²) in [4.78, 5) is 21.3. The van der Waals surface area contributed by atoms with Crippen molar-refractivity contribution in [2.75, 3.05) is 6.54 Å². The highest BCUT2D eigenvalue weighted by Crippen LogP contribution is 2.36. The first-order valence-corrected chi connectivity index (χ1v) is 13.7. The van der Waals surface area contributed by atoms with Crippen LogP contribution in [0, 0.1) is 0 Å². The summed E-state index contributed by atoms with van der Waals surface area (Å²) in [5.74, 6) is 0.703. The average Bonchev–Trinajstić information content (AvgIpc) is 3.46. The van der Waals surface area contributed by atoms with Crippen LogP contribution in [0.3, 0.4) is 0 Å². The third-order valence-electron chi connectivity index (χ3n) is 5.69. The monoisotopic (exact) mass is 556 g/mol. The van der Waals surface area contributed by atoms with Crippen LogP contribution in [0.4, 0.5) is 4.79 Å². The Hall–Kier alpha value is -2.85. The molecule has 36 heavy (non-hydrogen) atoms. The quantitative estimate of drug-likeness (QED) is 0.254. The lowest BCUT2D eigenvalue weighted by molar-refractivity contribution is 0.247. The molecule has 2 N–H and O–H groups in total. The van der Waals surface area contributed by atoms with Gasteiger partial charge in [0.1, 0.15) is 16.7 Å². The number of nitrogens with one attached hydrogen (secondary N) is 2. The number of urea groups is 1. The van der Waals surface area contributed by atoms with Crippen LogP contribution in [0.5, 0.6) is 0 Å². The summed E-state index contributed by atoms with van der Waals surface area (Å²) in [6.45, 7) is 0.888. The standard InChI is InChI=1S/C25H22Cl2N6OS2/c26-20-11-22(35-24(20)27)36-32-25(34)28-10-9-17-7-4-8-18-14-31-33(23(17)18)15-21-29-12-19(13-30-21)16-5-2-1-3-6-16/h1-3,5-6,9,11-14H,4,7-8,10,15H2,(H2,28,32,34)/b17-9+. The topological polar surface area (TPSA) is 84.7 Å². The lowest BCUT2D eigenvalue weighted by Crippen LogP contribution is -2.31. The third-order valence-corrected chi connectivity index (χ3v) is 8.46. The molecule has 3 aromatic heterocycles. The Labute approximate surface area is 227 Å². The minimum absolute atomic E-state index is 0.283. The molecule has 184 valence electrons. The average molecular weight is 558 g/mol. The van der Waals surface area contributed by atoms with Crippen molar-refractivity contribution in [1.29, 1.82) is 0 Å². The first-order valence-electron chi connectivity index (χ1n) is 11.3. The van der Waals surface area contributed by atoms with Gasteiger partial charge in [-0.15, -0.1) is 11.3 Å². The molecule has 11 heteroatoms. The van der Waals surface area contributed by atoms with E-state index in [1.165, 1.54) is 34.4 Å². The number of hydrogen-bond donors (Lipinski definition) is 2. The fourth-order valence-electron chi connectivity index (χ4n) is 4.01. The molecule has 3 heterocycles. The van der Waals surface area contributed by atoms with Crippen molar-refractivity contribution in [2.24, 2.45) is 0 Å². The first kappa shape index (κ1) is 24.8. The van der Waals surface area contributed by atoms with Gasteiger partial charge in [0.05, 0.1) is 21.1 Å². The lowest BCUT2D eigenvalue weighted by atomic mass is 9.92. The van der Waals surface area contributed by atoms with E-state index in [0.29, 0.717) is 28.3 Å². The fourth-order valence-corrected chi connectivity index (χ4v) is 6.30. The molecule has 0 bridgehead atoms. The highest BCUT2D eigenvalue weighted by Gasteiger charge is 2.20. The molecule has 4 aromatic rings. The number of benzene rings is 1. The Morgan fingerprint density at radius 2 is 1.92 bits per heavy atom. The van der Waals surface area contributed by atoms with Gasteiger partial charge in [0, 0.05) is 24.5 Å².